The molecule has 0 fully saturated rings. The quantitative estimate of drug-likeness (QED) is 0.636. The van der Waals surface area contributed by atoms with Gasteiger partial charge >= 0.3 is 0 Å². The lowest BCUT2D eigenvalue weighted by Crippen LogP contribution is -2.26. The zero-order valence-corrected chi connectivity index (χ0v) is 16.2. The number of nitrogens with zero attached hydrogens (tertiary/aromatic N) is 1. The molecule has 0 amide bonds. The summed E-state index contributed by atoms with van der Waals surface area (Å²) in [6.07, 6.45) is 0.567. The number of carbonyl (C=O) groups is 1. The van der Waals surface area contributed by atoms with Gasteiger partial charge in [0.05, 0.1) is 14.2 Å². The van der Waals surface area contributed by atoms with Gasteiger partial charge in [0.25, 0.3) is 0 Å². The van der Waals surface area contributed by atoms with E-state index < -0.39 is 0 Å². The summed E-state index contributed by atoms with van der Waals surface area (Å²) < 4.78 is 10.7. The van der Waals surface area contributed by atoms with Crippen LogP contribution < -0.4 is 9.47 Å². The molecule has 0 unspecified atom stereocenters. The third-order valence-electron chi connectivity index (χ3n) is 4.42. The molecule has 0 N–H and O–H groups in total. The van der Waals surface area contributed by atoms with Crippen molar-refractivity contribution in [1.82, 2.24) is 4.90 Å². The van der Waals surface area contributed by atoms with Gasteiger partial charge in [-0.05, 0) is 23.3 Å². The number of hydrogen-bond donors (Lipinski definition) is 0. The van der Waals surface area contributed by atoms with Crippen molar-refractivity contribution >= 4 is 5.78 Å². The molecule has 0 aromatic heterocycles. The van der Waals surface area contributed by atoms with Gasteiger partial charge in [0, 0.05) is 32.0 Å². The Hall–Kier alpha value is -2.33. The molecular formula is C22H29NO3. The van der Waals surface area contributed by atoms with Gasteiger partial charge in [-0.15, -0.1) is 0 Å². The van der Waals surface area contributed by atoms with E-state index in [2.05, 4.69) is 17.0 Å². The summed E-state index contributed by atoms with van der Waals surface area (Å²) in [6, 6.07) is 16.3. The first-order chi connectivity index (χ1) is 12.5. The maximum absolute atomic E-state index is 12.1. The second-order valence-corrected chi connectivity index (χ2v) is 6.76. The minimum Gasteiger partial charge on any atom is -0.493 e. The Morgan fingerprint density at radius 2 is 1.58 bits per heavy atom. The van der Waals surface area contributed by atoms with Gasteiger partial charge in [-0.25, -0.2) is 0 Å². The van der Waals surface area contributed by atoms with Crippen LogP contribution in [0.2, 0.25) is 0 Å². The van der Waals surface area contributed by atoms with E-state index >= 15 is 0 Å². The highest BCUT2D eigenvalue weighted by Gasteiger charge is 2.13. The molecule has 2 aromatic carbocycles. The molecule has 2 rings (SSSR count). The van der Waals surface area contributed by atoms with Crippen LogP contribution in [0.4, 0.5) is 0 Å². The molecule has 0 spiro atoms. The van der Waals surface area contributed by atoms with Crippen LogP contribution in [0.1, 0.15) is 31.4 Å². The summed E-state index contributed by atoms with van der Waals surface area (Å²) >= 11 is 0. The van der Waals surface area contributed by atoms with E-state index in [4.69, 9.17) is 9.47 Å². The average Bonchev–Trinajstić information content (AvgIpc) is 2.66. The second kappa shape index (κ2) is 9.97. The Labute approximate surface area is 156 Å². The van der Waals surface area contributed by atoms with Gasteiger partial charge in [-0.3, -0.25) is 9.69 Å². The largest absolute Gasteiger partial charge is 0.493 e. The molecule has 0 radical (unpaired) electrons. The smallest absolute Gasteiger partial charge is 0.161 e. The predicted octanol–water partition coefficient (Wildman–Crippen LogP) is 4.32. The molecule has 26 heavy (non-hydrogen) atoms. The third kappa shape index (κ3) is 5.88. The first-order valence-electron chi connectivity index (χ1n) is 9.03. The van der Waals surface area contributed by atoms with Crippen molar-refractivity contribution in [2.24, 2.45) is 5.92 Å². The van der Waals surface area contributed by atoms with Crippen LogP contribution in [0.5, 0.6) is 11.5 Å². The number of Topliss-reactive ketones (excluding diaryl/α,β-unsaturated/α-hetero) is 1. The fraction of sp³-hybridized carbons (Fsp3) is 0.409. The van der Waals surface area contributed by atoms with E-state index in [0.717, 1.165) is 36.7 Å². The Balaban J connectivity index is 2.13. The lowest BCUT2D eigenvalue weighted by Gasteiger charge is -2.23. The normalized spacial score (nSPS) is 11.0. The van der Waals surface area contributed by atoms with Gasteiger partial charge < -0.3 is 9.47 Å². The zero-order chi connectivity index (χ0) is 18.9. The molecule has 2 aromatic rings. The van der Waals surface area contributed by atoms with Crippen molar-refractivity contribution < 1.29 is 14.3 Å². The molecule has 4 heteroatoms. The van der Waals surface area contributed by atoms with Crippen molar-refractivity contribution in [1.29, 1.82) is 0 Å². The third-order valence-corrected chi connectivity index (χ3v) is 4.42. The first kappa shape index (κ1) is 20.0. The summed E-state index contributed by atoms with van der Waals surface area (Å²) in [7, 11) is 3.28. The summed E-state index contributed by atoms with van der Waals surface area (Å²) in [4.78, 5) is 14.4. The standard InChI is InChI=1S/C22H29NO3/c1-17(2)20(24)12-13-23(15-18-8-6-5-7-9-18)16-19-10-11-21(25-3)22(14-19)26-4/h5-11,14,17H,12-13,15-16H2,1-4H3. The number of methoxy groups -OCH3 is 2. The molecule has 140 valence electrons. The monoisotopic (exact) mass is 355 g/mol. The fourth-order valence-electron chi connectivity index (χ4n) is 2.85. The second-order valence-electron chi connectivity index (χ2n) is 6.76. The zero-order valence-electron chi connectivity index (χ0n) is 16.2. The molecule has 0 aliphatic carbocycles. The van der Waals surface area contributed by atoms with Crippen LogP contribution in [0.25, 0.3) is 0 Å². The lowest BCUT2D eigenvalue weighted by atomic mass is 10.1. The van der Waals surface area contributed by atoms with E-state index in [1.54, 1.807) is 14.2 Å². The first-order valence-corrected chi connectivity index (χ1v) is 9.03. The topological polar surface area (TPSA) is 38.8 Å². The lowest BCUT2D eigenvalue weighted by molar-refractivity contribution is -0.122. The van der Waals surface area contributed by atoms with E-state index in [1.807, 2.05) is 50.2 Å². The van der Waals surface area contributed by atoms with Crippen molar-refractivity contribution in [3.05, 3.63) is 59.7 Å². The Morgan fingerprint density at radius 1 is 0.923 bits per heavy atom. The van der Waals surface area contributed by atoms with Crippen LogP contribution in [0, 0.1) is 5.92 Å². The van der Waals surface area contributed by atoms with Gasteiger partial charge in [0.2, 0.25) is 0 Å². The van der Waals surface area contributed by atoms with Crippen LogP contribution in [-0.4, -0.2) is 31.4 Å². The SMILES string of the molecule is COc1ccc(CN(CCC(=O)C(C)C)Cc2ccccc2)cc1OC. The Bertz CT molecular complexity index is 698. The van der Waals surface area contributed by atoms with E-state index in [0.29, 0.717) is 12.2 Å². The van der Waals surface area contributed by atoms with Crippen LogP contribution in [0.3, 0.4) is 0 Å². The summed E-state index contributed by atoms with van der Waals surface area (Å²) in [5, 5.41) is 0. The highest BCUT2D eigenvalue weighted by molar-refractivity contribution is 5.80. The number of rotatable bonds is 10. The van der Waals surface area contributed by atoms with Crippen molar-refractivity contribution in [3.63, 3.8) is 0 Å². The molecule has 0 saturated carbocycles. The molecule has 0 bridgehead atoms. The number of ether oxygens (including phenoxy) is 2. The molecular weight excluding hydrogens is 326 g/mol. The van der Waals surface area contributed by atoms with E-state index in [9.17, 15) is 4.79 Å². The number of hydrogen-bond acceptors (Lipinski definition) is 4. The summed E-state index contributed by atoms with van der Waals surface area (Å²) in [5.41, 5.74) is 2.38. The molecule has 0 aliphatic heterocycles. The van der Waals surface area contributed by atoms with Crippen LogP contribution in [-0.2, 0) is 17.9 Å². The van der Waals surface area contributed by atoms with Crippen molar-refractivity contribution in [3.8, 4) is 11.5 Å². The number of ketones is 1. The maximum Gasteiger partial charge on any atom is 0.161 e. The van der Waals surface area contributed by atoms with Gasteiger partial charge in [0.15, 0.2) is 11.5 Å². The van der Waals surface area contributed by atoms with Gasteiger partial charge in [-0.1, -0.05) is 50.2 Å². The highest BCUT2D eigenvalue weighted by Crippen LogP contribution is 2.28. The molecule has 0 saturated heterocycles. The Kier molecular flexibility index (Phi) is 7.67. The fourth-order valence-corrected chi connectivity index (χ4v) is 2.85. The summed E-state index contributed by atoms with van der Waals surface area (Å²) in [5.74, 6) is 1.83. The number of benzene rings is 2. The minimum absolute atomic E-state index is 0.0784. The molecule has 0 atom stereocenters. The summed E-state index contributed by atoms with van der Waals surface area (Å²) in [6.45, 7) is 6.21. The Morgan fingerprint density at radius 3 is 2.19 bits per heavy atom. The van der Waals surface area contributed by atoms with E-state index in [-0.39, 0.29) is 5.92 Å². The average molecular weight is 355 g/mol. The number of carbonyl (C=O) groups excluding carboxylic acids is 1. The molecule has 0 heterocycles. The highest BCUT2D eigenvalue weighted by atomic mass is 16.5. The molecule has 4 nitrogen and oxygen atoms in total. The van der Waals surface area contributed by atoms with Crippen molar-refractivity contribution in [2.45, 2.75) is 33.4 Å². The van der Waals surface area contributed by atoms with Crippen LogP contribution in [0.15, 0.2) is 48.5 Å². The van der Waals surface area contributed by atoms with Gasteiger partial charge in [0.1, 0.15) is 5.78 Å². The van der Waals surface area contributed by atoms with Gasteiger partial charge in [-0.2, -0.15) is 0 Å². The molecule has 0 aliphatic rings. The van der Waals surface area contributed by atoms with Crippen LogP contribution >= 0.6 is 0 Å². The van der Waals surface area contributed by atoms with Crippen molar-refractivity contribution in [2.75, 3.05) is 20.8 Å². The van der Waals surface area contributed by atoms with E-state index in [1.165, 1.54) is 5.56 Å². The maximum atomic E-state index is 12.1. The minimum atomic E-state index is 0.0784. The predicted molar refractivity (Wildman–Crippen MR) is 105 cm³/mol.